The molecule has 0 aliphatic heterocycles. The van der Waals surface area contributed by atoms with E-state index in [1.807, 2.05) is 24.3 Å². The van der Waals surface area contributed by atoms with Gasteiger partial charge in [0.15, 0.2) is 5.75 Å². The van der Waals surface area contributed by atoms with Gasteiger partial charge in [0.2, 0.25) is 10.5 Å². The van der Waals surface area contributed by atoms with Crippen LogP contribution in [0.3, 0.4) is 0 Å². The molecule has 0 amide bonds. The number of fused-ring (bicyclic) bond motifs is 3. The molecule has 4 aromatic rings. The number of rotatable bonds is 6. The summed E-state index contributed by atoms with van der Waals surface area (Å²) in [7, 11) is -1.21. The highest BCUT2D eigenvalue weighted by Crippen LogP contribution is 2.37. The molecule has 1 aliphatic rings. The summed E-state index contributed by atoms with van der Waals surface area (Å²) in [6, 6.07) is 12.5. The summed E-state index contributed by atoms with van der Waals surface area (Å²) >= 11 is 0. The normalized spacial score (nSPS) is 16.3. The van der Waals surface area contributed by atoms with Gasteiger partial charge >= 0.3 is 5.03 Å². The second kappa shape index (κ2) is 8.03. The van der Waals surface area contributed by atoms with Crippen molar-refractivity contribution < 1.29 is 18.2 Å². The van der Waals surface area contributed by atoms with Gasteiger partial charge in [0.1, 0.15) is 21.8 Å². The quantitative estimate of drug-likeness (QED) is 0.440. The van der Waals surface area contributed by atoms with Crippen LogP contribution in [0.4, 0.5) is 5.82 Å². The fourth-order valence-electron chi connectivity index (χ4n) is 4.19. The minimum Gasteiger partial charge on any atom is -0.604 e. The van der Waals surface area contributed by atoms with Crippen molar-refractivity contribution in [1.82, 2.24) is 19.8 Å². The number of hydrogen-bond donors (Lipinski definition) is 1. The highest BCUT2D eigenvalue weighted by atomic mass is 32.3. The van der Waals surface area contributed by atoms with E-state index in [1.54, 1.807) is 12.1 Å². The fraction of sp³-hybridized carbons (Fsp3) is 0.318. The molecule has 0 spiro atoms. The molecular formula is C22H23N5O4S. The lowest BCUT2D eigenvalue weighted by Crippen LogP contribution is -2.17. The summed E-state index contributed by atoms with van der Waals surface area (Å²) in [5, 5.41) is 12.3. The monoisotopic (exact) mass is 453 g/mol. The van der Waals surface area contributed by atoms with E-state index in [0.29, 0.717) is 17.6 Å². The lowest BCUT2D eigenvalue weighted by atomic mass is 10.2. The first kappa shape index (κ1) is 20.7. The Hall–Kier alpha value is -3.24. The van der Waals surface area contributed by atoms with Crippen LogP contribution < -0.4 is 14.8 Å². The molecule has 2 heterocycles. The smallest absolute Gasteiger partial charge is 0.318 e. The Balaban J connectivity index is 1.72. The number of aromatic nitrogens is 4. The van der Waals surface area contributed by atoms with Crippen LogP contribution in [0.1, 0.15) is 25.7 Å². The predicted molar refractivity (Wildman–Crippen MR) is 119 cm³/mol. The number of hydrogen-bond acceptors (Lipinski definition) is 8. The molecule has 1 saturated carbocycles. The van der Waals surface area contributed by atoms with Gasteiger partial charge in [-0.25, -0.2) is 4.98 Å². The van der Waals surface area contributed by atoms with Crippen molar-refractivity contribution in [3.8, 4) is 11.5 Å². The number of ether oxygens (including phenoxy) is 2. The predicted octanol–water partition coefficient (Wildman–Crippen LogP) is 3.70. The third-order valence-electron chi connectivity index (χ3n) is 5.83. The van der Waals surface area contributed by atoms with E-state index in [9.17, 15) is 8.76 Å². The zero-order chi connectivity index (χ0) is 22.3. The molecule has 10 heteroatoms. The summed E-state index contributed by atoms with van der Waals surface area (Å²) < 4.78 is 39.3. The van der Waals surface area contributed by atoms with Gasteiger partial charge < -0.3 is 19.3 Å². The average molecular weight is 454 g/mol. The molecule has 1 fully saturated rings. The standard InChI is InChI=1S/C22H23N5O4S/c1-30-15-11-12-18(31-2)19(13-15)32(28,29)22-21-24-20(23-14-7-3-4-8-14)16-9-5-6-10-17(16)27(21)26-25-22/h5-6,9-14H,3-4,7-8H2,1-2H3,(H-,23,24,28,29). The molecule has 9 nitrogen and oxygen atoms in total. The summed E-state index contributed by atoms with van der Waals surface area (Å²) in [6.07, 6.45) is 4.46. The zero-order valence-electron chi connectivity index (χ0n) is 17.8. The summed E-state index contributed by atoms with van der Waals surface area (Å²) in [6.45, 7) is 0. The SMILES string of the molecule is COc1ccc(OC)c([S+](=O)([O-])c2nnn3c2nc(NC2CCCC2)c2ccccc23)c1. The molecule has 0 bridgehead atoms. The summed E-state index contributed by atoms with van der Waals surface area (Å²) in [4.78, 5) is 4.64. The van der Waals surface area contributed by atoms with Crippen molar-refractivity contribution in [3.63, 3.8) is 0 Å². The molecule has 0 radical (unpaired) electrons. The van der Waals surface area contributed by atoms with Crippen molar-refractivity contribution in [3.05, 3.63) is 42.5 Å². The van der Waals surface area contributed by atoms with Crippen LogP contribution in [-0.4, -0.2) is 44.6 Å². The van der Waals surface area contributed by atoms with Gasteiger partial charge in [0.05, 0.1) is 19.7 Å². The molecule has 1 unspecified atom stereocenters. The van der Waals surface area contributed by atoms with Crippen LogP contribution in [0.15, 0.2) is 52.4 Å². The largest absolute Gasteiger partial charge is 0.604 e. The van der Waals surface area contributed by atoms with Gasteiger partial charge in [-0.2, -0.15) is 4.52 Å². The molecule has 2 aromatic heterocycles. The van der Waals surface area contributed by atoms with Crippen molar-refractivity contribution in [2.45, 2.75) is 41.6 Å². The van der Waals surface area contributed by atoms with Crippen molar-refractivity contribution in [2.75, 3.05) is 19.5 Å². The minimum absolute atomic E-state index is 0.0537. The maximum Gasteiger partial charge on any atom is 0.318 e. The Morgan fingerprint density at radius 3 is 2.66 bits per heavy atom. The van der Waals surface area contributed by atoms with E-state index in [-0.39, 0.29) is 21.3 Å². The first-order chi connectivity index (χ1) is 15.5. The molecular weight excluding hydrogens is 430 g/mol. The van der Waals surface area contributed by atoms with Crippen molar-refractivity contribution >= 4 is 32.6 Å². The first-order valence-electron chi connectivity index (χ1n) is 10.4. The number of benzene rings is 2. The molecule has 1 atom stereocenters. The number of nitrogens with zero attached hydrogens (tertiary/aromatic N) is 4. The number of para-hydroxylation sites is 1. The maximum absolute atomic E-state index is 13.6. The van der Waals surface area contributed by atoms with Crippen LogP contribution in [0.5, 0.6) is 11.5 Å². The van der Waals surface area contributed by atoms with Crippen LogP contribution in [0, 0.1) is 0 Å². The molecule has 32 heavy (non-hydrogen) atoms. The van der Waals surface area contributed by atoms with Crippen LogP contribution in [0.25, 0.3) is 16.6 Å². The van der Waals surface area contributed by atoms with Crippen molar-refractivity contribution in [1.29, 1.82) is 0 Å². The number of anilines is 1. The molecule has 5 rings (SSSR count). The van der Waals surface area contributed by atoms with Crippen LogP contribution in [-0.2, 0) is 14.4 Å². The Labute approximate surface area is 186 Å². The van der Waals surface area contributed by atoms with Crippen LogP contribution in [0.2, 0.25) is 0 Å². The summed E-state index contributed by atoms with van der Waals surface area (Å²) in [5.41, 5.74) is 0.888. The maximum atomic E-state index is 13.6. The number of sulfone groups is 1. The first-order valence-corrected chi connectivity index (χ1v) is 11.9. The second-order valence-electron chi connectivity index (χ2n) is 7.75. The second-order valence-corrected chi connectivity index (χ2v) is 9.59. The lowest BCUT2D eigenvalue weighted by Gasteiger charge is -2.17. The number of nitrogens with one attached hydrogen (secondary N) is 1. The van der Waals surface area contributed by atoms with Gasteiger partial charge in [0.25, 0.3) is 0 Å². The van der Waals surface area contributed by atoms with E-state index in [1.165, 1.54) is 37.6 Å². The van der Waals surface area contributed by atoms with Gasteiger partial charge in [0, 0.05) is 17.5 Å². The molecule has 166 valence electrons. The van der Waals surface area contributed by atoms with E-state index in [0.717, 1.165) is 23.7 Å². The Bertz CT molecular complexity index is 1350. The van der Waals surface area contributed by atoms with Gasteiger partial charge in [-0.3, -0.25) is 0 Å². The van der Waals surface area contributed by atoms with Gasteiger partial charge in [-0.05, 0) is 37.1 Å². The Morgan fingerprint density at radius 1 is 1.12 bits per heavy atom. The molecule has 0 saturated heterocycles. The molecule has 1 aliphatic carbocycles. The van der Waals surface area contributed by atoms with E-state index < -0.39 is 10.2 Å². The zero-order valence-corrected chi connectivity index (χ0v) is 18.6. The number of methoxy groups -OCH3 is 2. The molecule has 2 aromatic carbocycles. The topological polar surface area (TPSA) is 114 Å². The van der Waals surface area contributed by atoms with Crippen LogP contribution >= 0.6 is 0 Å². The highest BCUT2D eigenvalue weighted by Gasteiger charge is 2.36. The Morgan fingerprint density at radius 2 is 1.91 bits per heavy atom. The van der Waals surface area contributed by atoms with Gasteiger partial charge in [-0.15, -0.1) is 0 Å². The fourth-order valence-corrected chi connectivity index (χ4v) is 5.60. The minimum atomic E-state index is -4.10. The average Bonchev–Trinajstić information content (AvgIpc) is 3.49. The highest BCUT2D eigenvalue weighted by molar-refractivity contribution is 7.98. The van der Waals surface area contributed by atoms with Crippen molar-refractivity contribution in [2.24, 2.45) is 0 Å². The van der Waals surface area contributed by atoms with Gasteiger partial charge in [-0.1, -0.05) is 39.5 Å². The summed E-state index contributed by atoms with van der Waals surface area (Å²) in [5.74, 6) is 1.22. The third kappa shape index (κ3) is 3.35. The Kier molecular flexibility index (Phi) is 5.18. The van der Waals surface area contributed by atoms with E-state index in [4.69, 9.17) is 14.5 Å². The molecule has 1 N–H and O–H groups in total. The lowest BCUT2D eigenvalue weighted by molar-refractivity contribution is 0.388. The van der Waals surface area contributed by atoms with E-state index >= 15 is 0 Å². The third-order valence-corrected chi connectivity index (χ3v) is 7.50. The van der Waals surface area contributed by atoms with E-state index in [2.05, 4.69) is 15.6 Å².